The zero-order chi connectivity index (χ0) is 15.7. The van der Waals surface area contributed by atoms with Crippen LogP contribution in [0, 0.1) is 0 Å². The Hall–Kier alpha value is -1.80. The maximum atomic E-state index is 12.8. The van der Waals surface area contributed by atoms with Gasteiger partial charge >= 0.3 is 6.18 Å². The van der Waals surface area contributed by atoms with E-state index >= 15 is 0 Å². The summed E-state index contributed by atoms with van der Waals surface area (Å²) in [6.45, 7) is 0. The Morgan fingerprint density at radius 2 is 1.91 bits per heavy atom. The standard InChI is InChI=1S/C13H8ClF3N4S/c14-10-4-8(13(15,16)17)5-21-6-9(20-11(10)21)7-22-12-18-2-1-3-19-12/h1-6H,7H2. The fourth-order valence-corrected chi connectivity index (χ4v) is 2.77. The molecule has 0 bridgehead atoms. The van der Waals surface area contributed by atoms with Gasteiger partial charge in [0.15, 0.2) is 10.8 Å². The highest BCUT2D eigenvalue weighted by atomic mass is 35.5. The van der Waals surface area contributed by atoms with Gasteiger partial charge in [0.05, 0.1) is 16.3 Å². The average Bonchev–Trinajstić information content (AvgIpc) is 2.89. The topological polar surface area (TPSA) is 43.1 Å². The van der Waals surface area contributed by atoms with Gasteiger partial charge in [0.25, 0.3) is 0 Å². The van der Waals surface area contributed by atoms with Crippen LogP contribution >= 0.6 is 23.4 Å². The highest BCUT2D eigenvalue weighted by Crippen LogP contribution is 2.32. The third kappa shape index (κ3) is 3.17. The zero-order valence-corrected chi connectivity index (χ0v) is 12.5. The molecule has 3 heterocycles. The van der Waals surface area contributed by atoms with Crippen molar-refractivity contribution in [2.75, 3.05) is 0 Å². The Morgan fingerprint density at radius 3 is 2.59 bits per heavy atom. The van der Waals surface area contributed by atoms with Gasteiger partial charge in [-0.1, -0.05) is 23.4 Å². The molecule has 0 aliphatic carbocycles. The van der Waals surface area contributed by atoms with E-state index in [-0.39, 0.29) is 5.02 Å². The van der Waals surface area contributed by atoms with Crippen molar-refractivity contribution in [2.45, 2.75) is 17.1 Å². The molecule has 3 aromatic heterocycles. The number of hydrogen-bond acceptors (Lipinski definition) is 4. The molecule has 0 fully saturated rings. The summed E-state index contributed by atoms with van der Waals surface area (Å²) in [6.07, 6.45) is 1.28. The number of hydrogen-bond donors (Lipinski definition) is 0. The third-order valence-electron chi connectivity index (χ3n) is 2.77. The summed E-state index contributed by atoms with van der Waals surface area (Å²) in [5.74, 6) is 0.434. The van der Waals surface area contributed by atoms with Crippen LogP contribution in [0.3, 0.4) is 0 Å². The highest BCUT2D eigenvalue weighted by molar-refractivity contribution is 7.98. The van der Waals surface area contributed by atoms with Crippen molar-refractivity contribution in [1.29, 1.82) is 0 Å². The number of fused-ring (bicyclic) bond motifs is 1. The summed E-state index contributed by atoms with van der Waals surface area (Å²) < 4.78 is 39.6. The van der Waals surface area contributed by atoms with Gasteiger partial charge in [-0.3, -0.25) is 0 Å². The number of thioether (sulfide) groups is 1. The smallest absolute Gasteiger partial charge is 0.305 e. The lowest BCUT2D eigenvalue weighted by atomic mass is 10.3. The summed E-state index contributed by atoms with van der Waals surface area (Å²) in [5, 5.41) is 0.531. The van der Waals surface area contributed by atoms with Crippen molar-refractivity contribution < 1.29 is 13.2 Å². The van der Waals surface area contributed by atoms with Crippen LogP contribution in [0.15, 0.2) is 42.1 Å². The molecular formula is C13H8ClF3N4S. The molecule has 0 saturated heterocycles. The SMILES string of the molecule is FC(F)(F)c1cc(Cl)c2nc(CSc3ncccn3)cn2c1. The van der Waals surface area contributed by atoms with E-state index in [1.165, 1.54) is 22.4 Å². The predicted molar refractivity (Wildman–Crippen MR) is 76.8 cm³/mol. The molecule has 0 amide bonds. The van der Waals surface area contributed by atoms with Crippen LogP contribution in [-0.4, -0.2) is 19.4 Å². The van der Waals surface area contributed by atoms with E-state index in [1.807, 2.05) is 0 Å². The summed E-state index contributed by atoms with van der Waals surface area (Å²) >= 11 is 7.22. The van der Waals surface area contributed by atoms with Crippen LogP contribution in [0.4, 0.5) is 13.2 Å². The van der Waals surface area contributed by atoms with Crippen LogP contribution in [0.5, 0.6) is 0 Å². The number of nitrogens with zero attached hydrogens (tertiary/aromatic N) is 4. The van der Waals surface area contributed by atoms with Crippen molar-refractivity contribution in [1.82, 2.24) is 19.4 Å². The molecule has 4 nitrogen and oxygen atoms in total. The van der Waals surface area contributed by atoms with Crippen LogP contribution in [-0.2, 0) is 11.9 Å². The summed E-state index contributed by atoms with van der Waals surface area (Å²) in [4.78, 5) is 12.3. The fraction of sp³-hybridized carbons (Fsp3) is 0.154. The second-order valence-electron chi connectivity index (χ2n) is 4.36. The summed E-state index contributed by atoms with van der Waals surface area (Å²) in [6, 6.07) is 2.58. The van der Waals surface area contributed by atoms with E-state index in [1.54, 1.807) is 18.5 Å². The summed E-state index contributed by atoms with van der Waals surface area (Å²) in [7, 11) is 0. The van der Waals surface area contributed by atoms with E-state index in [0.717, 1.165) is 12.3 Å². The van der Waals surface area contributed by atoms with Crippen molar-refractivity contribution in [3.05, 3.63) is 53.2 Å². The average molecular weight is 345 g/mol. The molecule has 3 rings (SSSR count). The largest absolute Gasteiger partial charge is 0.417 e. The molecule has 9 heteroatoms. The number of alkyl halides is 3. The molecule has 0 atom stereocenters. The zero-order valence-electron chi connectivity index (χ0n) is 10.9. The third-order valence-corrected chi connectivity index (χ3v) is 3.96. The highest BCUT2D eigenvalue weighted by Gasteiger charge is 2.31. The molecule has 114 valence electrons. The Morgan fingerprint density at radius 1 is 1.18 bits per heavy atom. The lowest BCUT2D eigenvalue weighted by Gasteiger charge is -2.07. The molecule has 0 spiro atoms. The number of aromatic nitrogens is 4. The van der Waals surface area contributed by atoms with Gasteiger partial charge in [-0.05, 0) is 12.1 Å². The van der Waals surface area contributed by atoms with Gasteiger partial charge in [0.2, 0.25) is 0 Å². The first-order valence-corrected chi connectivity index (χ1v) is 7.44. The quantitative estimate of drug-likeness (QED) is 0.530. The fourth-order valence-electron chi connectivity index (χ4n) is 1.83. The van der Waals surface area contributed by atoms with Crippen molar-refractivity contribution in [2.24, 2.45) is 0 Å². The van der Waals surface area contributed by atoms with Crippen molar-refractivity contribution in [3.63, 3.8) is 0 Å². The first kappa shape index (κ1) is 15.1. The Labute approximate surface area is 132 Å². The van der Waals surface area contributed by atoms with Crippen molar-refractivity contribution in [3.8, 4) is 0 Å². The van der Waals surface area contributed by atoms with Gasteiger partial charge in [-0.25, -0.2) is 15.0 Å². The van der Waals surface area contributed by atoms with Crippen LogP contribution in [0.1, 0.15) is 11.3 Å². The van der Waals surface area contributed by atoms with E-state index in [9.17, 15) is 13.2 Å². The Bertz CT molecular complexity index is 804. The second kappa shape index (κ2) is 5.77. The molecule has 22 heavy (non-hydrogen) atoms. The molecule has 0 aliphatic rings. The van der Waals surface area contributed by atoms with Crippen molar-refractivity contribution >= 4 is 29.0 Å². The summed E-state index contributed by atoms with van der Waals surface area (Å²) in [5.41, 5.74) is 0.0749. The van der Waals surface area contributed by atoms with E-state index < -0.39 is 11.7 Å². The monoisotopic (exact) mass is 344 g/mol. The molecule has 3 aromatic rings. The Balaban J connectivity index is 1.88. The Kier molecular flexibility index (Phi) is 3.96. The maximum Gasteiger partial charge on any atom is 0.417 e. The minimum atomic E-state index is -4.45. The van der Waals surface area contributed by atoms with Gasteiger partial charge in [-0.2, -0.15) is 13.2 Å². The van der Waals surface area contributed by atoms with Gasteiger partial charge in [0, 0.05) is 30.5 Å². The number of imidazole rings is 1. The van der Waals surface area contributed by atoms with Crippen LogP contribution in [0.2, 0.25) is 5.02 Å². The first-order valence-electron chi connectivity index (χ1n) is 6.07. The normalized spacial score (nSPS) is 12.0. The van der Waals surface area contributed by atoms with Crippen LogP contribution in [0.25, 0.3) is 5.65 Å². The molecule has 0 aliphatic heterocycles. The minimum Gasteiger partial charge on any atom is -0.305 e. The molecule has 0 N–H and O–H groups in total. The first-order chi connectivity index (χ1) is 10.4. The molecular weight excluding hydrogens is 337 g/mol. The number of rotatable bonds is 3. The number of pyridine rings is 1. The molecule has 0 unspecified atom stereocenters. The van der Waals surface area contributed by atoms with Gasteiger partial charge in [-0.15, -0.1) is 0 Å². The van der Waals surface area contributed by atoms with E-state index in [4.69, 9.17) is 11.6 Å². The lowest BCUT2D eigenvalue weighted by molar-refractivity contribution is -0.137. The lowest BCUT2D eigenvalue weighted by Crippen LogP contribution is -2.06. The maximum absolute atomic E-state index is 12.8. The molecule has 0 radical (unpaired) electrons. The number of halogens is 4. The van der Waals surface area contributed by atoms with E-state index in [0.29, 0.717) is 22.3 Å². The van der Waals surface area contributed by atoms with Gasteiger partial charge in [0.1, 0.15) is 0 Å². The van der Waals surface area contributed by atoms with Crippen LogP contribution < -0.4 is 0 Å². The molecule has 0 aromatic carbocycles. The second-order valence-corrected chi connectivity index (χ2v) is 5.71. The molecule has 0 saturated carbocycles. The van der Waals surface area contributed by atoms with Gasteiger partial charge < -0.3 is 4.40 Å². The predicted octanol–water partition coefficient (Wildman–Crippen LogP) is 4.09. The van der Waals surface area contributed by atoms with E-state index in [2.05, 4.69) is 15.0 Å². The minimum absolute atomic E-state index is 0.0398.